The molecule has 158 valence electrons. The number of amides is 1. The summed E-state index contributed by atoms with van der Waals surface area (Å²) in [5.41, 5.74) is 7.41. The van der Waals surface area contributed by atoms with Crippen LogP contribution >= 0.6 is 0 Å². The number of ether oxygens (including phenoxy) is 1. The van der Waals surface area contributed by atoms with E-state index < -0.39 is 15.7 Å². The van der Waals surface area contributed by atoms with E-state index in [1.54, 1.807) is 36.5 Å². The van der Waals surface area contributed by atoms with Gasteiger partial charge in [0, 0.05) is 17.5 Å². The molecule has 10 heteroatoms. The Morgan fingerprint density at radius 3 is 2.80 bits per heavy atom. The van der Waals surface area contributed by atoms with E-state index in [-0.39, 0.29) is 18.3 Å². The molecule has 4 N–H and O–H groups in total. The van der Waals surface area contributed by atoms with Crippen molar-refractivity contribution in [2.24, 2.45) is 10.1 Å². The standard InChI is InChI=1S/C20H23N5O4S/c1-13-11-14(7-10-22-13)19(26)23-20(8-2-3-9-20)12-29-16-6-4-5-15-17(16)18(21)25-30(27,28)24-15/h4-7,10-11,24H,2-3,8-9,12H2,1H3,(H2,21,25)(H,23,26). The summed E-state index contributed by atoms with van der Waals surface area (Å²) < 4.78 is 35.5. The average Bonchev–Trinajstić information content (AvgIpc) is 3.13. The van der Waals surface area contributed by atoms with Crippen LogP contribution in [-0.2, 0) is 10.2 Å². The summed E-state index contributed by atoms with van der Waals surface area (Å²) in [6.45, 7) is 2.07. The number of carbonyl (C=O) groups excluding carboxylic acids is 1. The number of amidine groups is 1. The number of hydrogen-bond donors (Lipinski definition) is 3. The number of nitrogens with zero attached hydrogens (tertiary/aromatic N) is 2. The van der Waals surface area contributed by atoms with Crippen molar-refractivity contribution in [1.29, 1.82) is 0 Å². The number of nitrogens with one attached hydrogen (secondary N) is 2. The number of aryl methyl sites for hydroxylation is 1. The van der Waals surface area contributed by atoms with E-state index in [2.05, 4.69) is 19.4 Å². The fourth-order valence-electron chi connectivity index (χ4n) is 3.91. The zero-order valence-electron chi connectivity index (χ0n) is 16.5. The third-order valence-corrected chi connectivity index (χ3v) is 6.26. The van der Waals surface area contributed by atoms with Crippen LogP contribution in [0.1, 0.15) is 47.3 Å². The number of rotatable bonds is 5. The van der Waals surface area contributed by atoms with Crippen LogP contribution < -0.4 is 20.5 Å². The summed E-state index contributed by atoms with van der Waals surface area (Å²) in [4.78, 5) is 16.9. The molecule has 0 saturated heterocycles. The number of anilines is 1. The molecule has 2 aliphatic rings. The summed E-state index contributed by atoms with van der Waals surface area (Å²) in [5, 5.41) is 3.15. The van der Waals surface area contributed by atoms with Gasteiger partial charge in [0.05, 0.1) is 16.8 Å². The van der Waals surface area contributed by atoms with Gasteiger partial charge in [-0.1, -0.05) is 18.9 Å². The summed E-state index contributed by atoms with van der Waals surface area (Å²) in [6, 6.07) is 8.41. The Labute approximate surface area is 174 Å². The van der Waals surface area contributed by atoms with Crippen LogP contribution in [0.15, 0.2) is 40.9 Å². The van der Waals surface area contributed by atoms with Crippen molar-refractivity contribution in [3.05, 3.63) is 53.3 Å². The van der Waals surface area contributed by atoms with Crippen LogP contribution in [0.4, 0.5) is 5.69 Å². The third kappa shape index (κ3) is 4.09. The molecule has 0 radical (unpaired) electrons. The SMILES string of the molecule is Cc1cc(C(=O)NC2(COc3cccc4c3C(N)=NS(=O)(=O)N4)CCCC2)ccn1. The molecule has 1 aliphatic carbocycles. The number of pyridine rings is 1. The van der Waals surface area contributed by atoms with Crippen molar-refractivity contribution in [2.75, 3.05) is 11.3 Å². The van der Waals surface area contributed by atoms with Gasteiger partial charge in [-0.3, -0.25) is 14.5 Å². The second-order valence-electron chi connectivity index (χ2n) is 7.65. The molecule has 2 heterocycles. The number of benzene rings is 1. The average molecular weight is 430 g/mol. The molecule has 0 atom stereocenters. The monoisotopic (exact) mass is 429 g/mol. The Bertz CT molecular complexity index is 1120. The molecule has 0 spiro atoms. The Hall–Kier alpha value is -3.14. The van der Waals surface area contributed by atoms with Crippen molar-refractivity contribution >= 4 is 27.6 Å². The van der Waals surface area contributed by atoms with E-state index in [1.165, 1.54) is 0 Å². The highest BCUT2D eigenvalue weighted by atomic mass is 32.2. The molecule has 1 saturated carbocycles. The van der Waals surface area contributed by atoms with Gasteiger partial charge in [0.1, 0.15) is 12.4 Å². The van der Waals surface area contributed by atoms with Crippen LogP contribution in [0.3, 0.4) is 0 Å². The highest BCUT2D eigenvalue weighted by Crippen LogP contribution is 2.34. The number of carbonyl (C=O) groups is 1. The van der Waals surface area contributed by atoms with Crippen molar-refractivity contribution in [3.8, 4) is 5.75 Å². The maximum absolute atomic E-state index is 12.8. The fraction of sp³-hybridized carbons (Fsp3) is 0.350. The van der Waals surface area contributed by atoms with E-state index in [1.807, 2.05) is 6.92 Å². The van der Waals surface area contributed by atoms with Gasteiger partial charge in [0.15, 0.2) is 5.84 Å². The molecule has 2 aromatic rings. The van der Waals surface area contributed by atoms with Gasteiger partial charge in [-0.25, -0.2) is 0 Å². The lowest BCUT2D eigenvalue weighted by Gasteiger charge is -2.31. The van der Waals surface area contributed by atoms with Gasteiger partial charge in [-0.2, -0.15) is 8.42 Å². The largest absolute Gasteiger partial charge is 0.490 e. The van der Waals surface area contributed by atoms with Crippen LogP contribution in [-0.4, -0.2) is 37.3 Å². The molecular weight excluding hydrogens is 406 g/mol. The highest BCUT2D eigenvalue weighted by molar-refractivity contribution is 7.91. The van der Waals surface area contributed by atoms with Crippen molar-refractivity contribution < 1.29 is 17.9 Å². The zero-order valence-corrected chi connectivity index (χ0v) is 17.3. The zero-order chi connectivity index (χ0) is 21.4. The van der Waals surface area contributed by atoms with Crippen molar-refractivity contribution in [2.45, 2.75) is 38.1 Å². The lowest BCUT2D eigenvalue weighted by atomic mass is 9.98. The van der Waals surface area contributed by atoms with Crippen LogP contribution in [0, 0.1) is 6.92 Å². The van der Waals surface area contributed by atoms with Crippen LogP contribution in [0.25, 0.3) is 0 Å². The lowest BCUT2D eigenvalue weighted by Crippen LogP contribution is -2.50. The molecule has 1 aromatic heterocycles. The summed E-state index contributed by atoms with van der Waals surface area (Å²) >= 11 is 0. The maximum atomic E-state index is 12.8. The molecule has 1 aromatic carbocycles. The highest BCUT2D eigenvalue weighted by Gasteiger charge is 2.37. The van der Waals surface area contributed by atoms with Crippen LogP contribution in [0.2, 0.25) is 0 Å². The van der Waals surface area contributed by atoms with E-state index >= 15 is 0 Å². The first-order valence-electron chi connectivity index (χ1n) is 9.67. The van der Waals surface area contributed by atoms with E-state index in [9.17, 15) is 13.2 Å². The molecule has 9 nitrogen and oxygen atoms in total. The Balaban J connectivity index is 1.55. The second-order valence-corrected chi connectivity index (χ2v) is 8.99. The van der Waals surface area contributed by atoms with Gasteiger partial charge in [-0.05, 0) is 44.0 Å². The molecule has 1 fully saturated rings. The van der Waals surface area contributed by atoms with Gasteiger partial charge < -0.3 is 15.8 Å². The Kier molecular flexibility index (Phi) is 5.10. The maximum Gasteiger partial charge on any atom is 0.344 e. The molecular formula is C20H23N5O4S. The fourth-order valence-corrected chi connectivity index (χ4v) is 4.75. The van der Waals surface area contributed by atoms with Gasteiger partial charge in [0.25, 0.3) is 5.91 Å². The van der Waals surface area contributed by atoms with Gasteiger partial charge in [0.2, 0.25) is 0 Å². The number of aromatic nitrogens is 1. The Morgan fingerprint density at radius 2 is 2.07 bits per heavy atom. The Morgan fingerprint density at radius 1 is 1.30 bits per heavy atom. The van der Waals surface area contributed by atoms with E-state index in [0.717, 1.165) is 31.4 Å². The smallest absolute Gasteiger partial charge is 0.344 e. The van der Waals surface area contributed by atoms with E-state index in [4.69, 9.17) is 10.5 Å². The second kappa shape index (κ2) is 7.60. The summed E-state index contributed by atoms with van der Waals surface area (Å²) in [5.74, 6) is 0.113. The molecule has 0 unspecified atom stereocenters. The third-order valence-electron chi connectivity index (χ3n) is 5.34. The minimum absolute atomic E-state index is 0.129. The summed E-state index contributed by atoms with van der Waals surface area (Å²) in [6.07, 6.45) is 5.15. The minimum Gasteiger partial charge on any atom is -0.490 e. The predicted molar refractivity (Wildman–Crippen MR) is 113 cm³/mol. The first-order chi connectivity index (χ1) is 14.3. The minimum atomic E-state index is -3.86. The predicted octanol–water partition coefficient (Wildman–Crippen LogP) is 1.89. The molecule has 1 aliphatic heterocycles. The normalized spacial score (nSPS) is 18.6. The van der Waals surface area contributed by atoms with Crippen molar-refractivity contribution in [1.82, 2.24) is 10.3 Å². The molecule has 1 amide bonds. The number of fused-ring (bicyclic) bond motifs is 1. The van der Waals surface area contributed by atoms with E-state index in [0.29, 0.717) is 22.6 Å². The number of nitrogens with two attached hydrogens (primary N) is 1. The molecule has 4 rings (SSSR count). The van der Waals surface area contributed by atoms with Crippen molar-refractivity contribution in [3.63, 3.8) is 0 Å². The van der Waals surface area contributed by atoms with Crippen LogP contribution in [0.5, 0.6) is 5.75 Å². The lowest BCUT2D eigenvalue weighted by molar-refractivity contribution is 0.0854. The molecule has 30 heavy (non-hydrogen) atoms. The van der Waals surface area contributed by atoms with Gasteiger partial charge >= 0.3 is 10.2 Å². The molecule has 0 bridgehead atoms. The first kappa shape index (κ1) is 20.1. The van der Waals surface area contributed by atoms with Gasteiger partial charge in [-0.15, -0.1) is 4.40 Å². The first-order valence-corrected chi connectivity index (χ1v) is 11.1. The quantitative estimate of drug-likeness (QED) is 0.664. The number of hydrogen-bond acceptors (Lipinski definition) is 6. The topological polar surface area (TPSA) is 136 Å². The summed E-state index contributed by atoms with van der Waals surface area (Å²) in [7, 11) is -3.86.